The molecule has 0 radical (unpaired) electrons. The molecule has 1 saturated heterocycles. The lowest BCUT2D eigenvalue weighted by atomic mass is 10.1. The lowest BCUT2D eigenvalue weighted by molar-refractivity contribution is -0.114. The molecule has 2 amide bonds. The molecule has 3 aromatic rings. The maximum absolute atomic E-state index is 12.8. The third-order valence-electron chi connectivity index (χ3n) is 5.97. The molecule has 2 aromatic carbocycles. The Kier molecular flexibility index (Phi) is 6.49. The average Bonchev–Trinajstić information content (AvgIpc) is 3.33. The number of ether oxygens (including phenoxy) is 2. The molecule has 2 N–H and O–H groups in total. The van der Waals surface area contributed by atoms with Crippen molar-refractivity contribution in [1.29, 1.82) is 0 Å². The number of carbonyl (C=O) groups excluding carboxylic acids is 2. The number of aromatic nitrogens is 1. The Labute approximate surface area is 203 Å². The maximum atomic E-state index is 12.8. The van der Waals surface area contributed by atoms with Crippen molar-refractivity contribution in [3.05, 3.63) is 71.9 Å². The quantitative estimate of drug-likeness (QED) is 0.567. The normalized spacial score (nSPS) is 15.1. The minimum absolute atomic E-state index is 0.142. The lowest BCUT2D eigenvalue weighted by Crippen LogP contribution is -2.46. The summed E-state index contributed by atoms with van der Waals surface area (Å²) in [6, 6.07) is 18.6. The number of nitrogens with one attached hydrogen (secondary N) is 2. The first-order chi connectivity index (χ1) is 17.0. The first-order valence-corrected chi connectivity index (χ1v) is 11.6. The summed E-state index contributed by atoms with van der Waals surface area (Å²) < 4.78 is 10.9. The summed E-state index contributed by atoms with van der Waals surface area (Å²) in [5.74, 6) is 1.98. The molecular formula is C26H27N5O4. The third-order valence-corrected chi connectivity index (χ3v) is 5.97. The Morgan fingerprint density at radius 2 is 1.60 bits per heavy atom. The number of carbonyl (C=O) groups is 2. The molecule has 0 unspecified atom stereocenters. The van der Waals surface area contributed by atoms with Crippen molar-refractivity contribution in [2.24, 2.45) is 0 Å². The van der Waals surface area contributed by atoms with Crippen LogP contribution in [0.2, 0.25) is 0 Å². The van der Waals surface area contributed by atoms with Gasteiger partial charge in [-0.3, -0.25) is 14.5 Å². The van der Waals surface area contributed by atoms with Crippen LogP contribution in [-0.4, -0.2) is 54.7 Å². The van der Waals surface area contributed by atoms with Gasteiger partial charge in [-0.15, -0.1) is 0 Å². The van der Waals surface area contributed by atoms with Crippen LogP contribution in [0.25, 0.3) is 0 Å². The van der Waals surface area contributed by atoms with Gasteiger partial charge in [0.1, 0.15) is 11.5 Å². The maximum Gasteiger partial charge on any atom is 0.274 e. The van der Waals surface area contributed by atoms with Crippen molar-refractivity contribution in [3.8, 4) is 11.5 Å². The van der Waals surface area contributed by atoms with E-state index in [4.69, 9.17) is 9.47 Å². The van der Waals surface area contributed by atoms with Crippen molar-refractivity contribution in [2.75, 3.05) is 48.5 Å². The van der Waals surface area contributed by atoms with Gasteiger partial charge >= 0.3 is 0 Å². The Morgan fingerprint density at radius 3 is 2.34 bits per heavy atom. The van der Waals surface area contributed by atoms with Gasteiger partial charge in [0.05, 0.1) is 0 Å². The van der Waals surface area contributed by atoms with Gasteiger partial charge in [0.25, 0.3) is 5.91 Å². The predicted molar refractivity (Wildman–Crippen MR) is 133 cm³/mol. The second-order valence-electron chi connectivity index (χ2n) is 8.54. The molecule has 2 aliphatic rings. The number of amides is 2. The first-order valence-electron chi connectivity index (χ1n) is 11.6. The molecule has 1 fully saturated rings. The molecule has 5 rings (SSSR count). The van der Waals surface area contributed by atoms with Crippen molar-refractivity contribution < 1.29 is 19.1 Å². The topological polar surface area (TPSA) is 96.0 Å². The Hall–Kier alpha value is -4.11. The monoisotopic (exact) mass is 473 g/mol. The molecule has 0 spiro atoms. The molecule has 0 saturated carbocycles. The number of anilines is 3. The van der Waals surface area contributed by atoms with E-state index in [1.807, 2.05) is 24.3 Å². The Morgan fingerprint density at radius 1 is 0.886 bits per heavy atom. The molecule has 0 aliphatic carbocycles. The van der Waals surface area contributed by atoms with Crippen molar-refractivity contribution >= 4 is 29.0 Å². The van der Waals surface area contributed by atoms with Gasteiger partial charge in [-0.1, -0.05) is 12.1 Å². The van der Waals surface area contributed by atoms with Gasteiger partial charge < -0.3 is 25.0 Å². The van der Waals surface area contributed by atoms with E-state index >= 15 is 0 Å². The zero-order chi connectivity index (χ0) is 24.2. The largest absolute Gasteiger partial charge is 0.454 e. The van der Waals surface area contributed by atoms with Crippen LogP contribution in [0.15, 0.2) is 60.7 Å². The number of fused-ring (bicyclic) bond motifs is 1. The average molecular weight is 474 g/mol. The fourth-order valence-electron chi connectivity index (χ4n) is 4.19. The van der Waals surface area contributed by atoms with E-state index in [1.54, 1.807) is 30.3 Å². The van der Waals surface area contributed by atoms with Crippen LogP contribution in [0.1, 0.15) is 23.0 Å². The molecule has 0 atom stereocenters. The molecule has 1 aromatic heterocycles. The second kappa shape index (κ2) is 10.0. The SMILES string of the molecule is CC(=O)Nc1ccc(NC(=O)c2cccc(N3CCN(Cc4ccc5c(c4)OCO5)CC3)n2)cc1. The number of hydrogen-bond donors (Lipinski definition) is 2. The smallest absolute Gasteiger partial charge is 0.274 e. The number of rotatable bonds is 6. The van der Waals surface area contributed by atoms with Crippen LogP contribution in [0.4, 0.5) is 17.2 Å². The first kappa shape index (κ1) is 22.7. The highest BCUT2D eigenvalue weighted by atomic mass is 16.7. The van der Waals surface area contributed by atoms with Crippen LogP contribution < -0.4 is 25.0 Å². The number of hydrogen-bond acceptors (Lipinski definition) is 7. The molecule has 2 aliphatic heterocycles. The minimum Gasteiger partial charge on any atom is -0.454 e. The molecule has 9 heteroatoms. The van der Waals surface area contributed by atoms with E-state index in [1.165, 1.54) is 12.5 Å². The highest BCUT2D eigenvalue weighted by molar-refractivity contribution is 6.03. The summed E-state index contributed by atoms with van der Waals surface area (Å²) in [6.45, 7) is 6.03. The fourth-order valence-corrected chi connectivity index (χ4v) is 4.19. The molecular weight excluding hydrogens is 446 g/mol. The summed E-state index contributed by atoms with van der Waals surface area (Å²) >= 11 is 0. The van der Waals surface area contributed by atoms with Crippen LogP contribution in [0, 0.1) is 0 Å². The van der Waals surface area contributed by atoms with Gasteiger partial charge in [0.2, 0.25) is 12.7 Å². The highest BCUT2D eigenvalue weighted by Gasteiger charge is 2.20. The van der Waals surface area contributed by atoms with Crippen LogP contribution in [-0.2, 0) is 11.3 Å². The number of pyridine rings is 1. The molecule has 3 heterocycles. The van der Waals surface area contributed by atoms with E-state index in [-0.39, 0.29) is 18.6 Å². The standard InChI is InChI=1S/C26H27N5O4/c1-18(32)27-20-6-8-21(9-7-20)28-26(33)22-3-2-4-25(29-22)31-13-11-30(12-14-31)16-19-5-10-23-24(15-19)35-17-34-23/h2-10,15H,11-14,16-17H2,1H3,(H,27,32)(H,28,33). The molecule has 35 heavy (non-hydrogen) atoms. The van der Waals surface area contributed by atoms with E-state index < -0.39 is 0 Å². The van der Waals surface area contributed by atoms with Gasteiger partial charge in [0, 0.05) is 51.0 Å². The van der Waals surface area contributed by atoms with Crippen molar-refractivity contribution in [2.45, 2.75) is 13.5 Å². The van der Waals surface area contributed by atoms with E-state index in [0.717, 1.165) is 50.0 Å². The van der Waals surface area contributed by atoms with Crippen LogP contribution in [0.3, 0.4) is 0 Å². The van der Waals surface area contributed by atoms with E-state index in [2.05, 4.69) is 31.5 Å². The van der Waals surface area contributed by atoms with E-state index in [9.17, 15) is 9.59 Å². The second-order valence-corrected chi connectivity index (χ2v) is 8.54. The van der Waals surface area contributed by atoms with E-state index in [0.29, 0.717) is 17.1 Å². The number of benzene rings is 2. The zero-order valence-electron chi connectivity index (χ0n) is 19.5. The predicted octanol–water partition coefficient (Wildman–Crippen LogP) is 3.34. The van der Waals surface area contributed by atoms with Crippen molar-refractivity contribution in [1.82, 2.24) is 9.88 Å². The third kappa shape index (κ3) is 5.52. The summed E-state index contributed by atoms with van der Waals surface area (Å²) in [5.41, 5.74) is 2.86. The van der Waals surface area contributed by atoms with Crippen LogP contribution >= 0.6 is 0 Å². The van der Waals surface area contributed by atoms with Gasteiger partial charge in [0.15, 0.2) is 11.5 Å². The summed E-state index contributed by atoms with van der Waals surface area (Å²) in [7, 11) is 0. The van der Waals surface area contributed by atoms with Crippen LogP contribution in [0.5, 0.6) is 11.5 Å². The van der Waals surface area contributed by atoms with Gasteiger partial charge in [-0.25, -0.2) is 4.98 Å². The lowest BCUT2D eigenvalue weighted by Gasteiger charge is -2.35. The molecule has 0 bridgehead atoms. The summed E-state index contributed by atoms with van der Waals surface area (Å²) in [5, 5.41) is 5.56. The summed E-state index contributed by atoms with van der Waals surface area (Å²) in [4.78, 5) is 33.1. The fraction of sp³-hybridized carbons (Fsp3) is 0.269. The Balaban J connectivity index is 1.16. The minimum atomic E-state index is -0.277. The Bertz CT molecular complexity index is 1220. The number of piperazine rings is 1. The van der Waals surface area contributed by atoms with Gasteiger partial charge in [-0.2, -0.15) is 0 Å². The van der Waals surface area contributed by atoms with Gasteiger partial charge in [-0.05, 0) is 54.1 Å². The van der Waals surface area contributed by atoms with Crippen molar-refractivity contribution in [3.63, 3.8) is 0 Å². The zero-order valence-corrected chi connectivity index (χ0v) is 19.5. The molecule has 9 nitrogen and oxygen atoms in total. The summed E-state index contributed by atoms with van der Waals surface area (Å²) in [6.07, 6.45) is 0. The molecule has 180 valence electrons. The highest BCUT2D eigenvalue weighted by Crippen LogP contribution is 2.33. The number of nitrogens with zero attached hydrogens (tertiary/aromatic N) is 3.